The third kappa shape index (κ3) is 2.27. The number of rotatable bonds is 0. The Hall–Kier alpha value is -2.12. The van der Waals surface area contributed by atoms with Crippen molar-refractivity contribution in [2.75, 3.05) is 13.3 Å². The summed E-state index contributed by atoms with van der Waals surface area (Å²) < 4.78 is 10.8. The Balaban J connectivity index is 1.84. The second-order valence-electron chi connectivity index (χ2n) is 6.19. The molecule has 0 aromatic heterocycles. The van der Waals surface area contributed by atoms with Crippen LogP contribution in [0.3, 0.4) is 0 Å². The number of ketones is 1. The van der Waals surface area contributed by atoms with Crippen LogP contribution in [0, 0.1) is 0 Å². The van der Waals surface area contributed by atoms with Crippen molar-refractivity contribution in [3.05, 3.63) is 23.3 Å². The molecule has 3 aliphatic rings. The molecule has 2 bridgehead atoms. The number of carbonyl (C=O) groups is 2. The van der Waals surface area contributed by atoms with E-state index >= 15 is 0 Å². The van der Waals surface area contributed by atoms with Gasteiger partial charge in [-0.25, -0.2) is 0 Å². The van der Waals surface area contributed by atoms with Gasteiger partial charge in [-0.2, -0.15) is 0 Å². The maximum atomic E-state index is 12.6. The van der Waals surface area contributed by atoms with E-state index in [9.17, 15) is 19.8 Å². The van der Waals surface area contributed by atoms with Gasteiger partial charge in [-0.05, 0) is 29.7 Å². The SMILES string of the molecule is O=C1C[C@@H](O)[C@@H](O)C(=O)N2CCC1c1cc3c(cc1C2)OCO3. The number of aliphatic hydroxyl groups excluding tert-OH is 2. The number of hydrogen-bond acceptors (Lipinski definition) is 6. The number of nitrogens with zero attached hydrogens (tertiary/aromatic N) is 1. The third-order valence-electron chi connectivity index (χ3n) is 4.79. The van der Waals surface area contributed by atoms with E-state index in [1.165, 1.54) is 4.90 Å². The molecule has 0 spiro atoms. The molecular weight excluding hydrogens is 302 g/mol. The summed E-state index contributed by atoms with van der Waals surface area (Å²) in [6.07, 6.45) is -2.70. The Morgan fingerprint density at radius 1 is 1.13 bits per heavy atom. The van der Waals surface area contributed by atoms with Gasteiger partial charge in [0.1, 0.15) is 5.78 Å². The number of hydrogen-bond donors (Lipinski definition) is 2. The van der Waals surface area contributed by atoms with Crippen LogP contribution in [-0.4, -0.2) is 52.3 Å². The van der Waals surface area contributed by atoms with E-state index in [2.05, 4.69) is 0 Å². The lowest BCUT2D eigenvalue weighted by Crippen LogP contribution is -2.44. The highest BCUT2D eigenvalue weighted by Gasteiger charge is 2.39. The van der Waals surface area contributed by atoms with Crippen LogP contribution in [0.4, 0.5) is 0 Å². The van der Waals surface area contributed by atoms with E-state index in [0.717, 1.165) is 11.1 Å². The summed E-state index contributed by atoms with van der Waals surface area (Å²) in [5.74, 6) is 0.0581. The first kappa shape index (κ1) is 14.5. The topological polar surface area (TPSA) is 96.3 Å². The lowest BCUT2D eigenvalue weighted by atomic mass is 9.86. The fourth-order valence-corrected chi connectivity index (χ4v) is 3.52. The maximum Gasteiger partial charge on any atom is 0.254 e. The third-order valence-corrected chi connectivity index (χ3v) is 4.79. The summed E-state index contributed by atoms with van der Waals surface area (Å²) >= 11 is 0. The molecule has 1 fully saturated rings. The first-order valence-corrected chi connectivity index (χ1v) is 7.64. The van der Waals surface area contributed by atoms with Crippen molar-refractivity contribution >= 4 is 11.7 Å². The quantitative estimate of drug-likeness (QED) is 0.695. The van der Waals surface area contributed by atoms with E-state index in [4.69, 9.17) is 9.47 Å². The van der Waals surface area contributed by atoms with Gasteiger partial charge in [-0.15, -0.1) is 0 Å². The minimum absolute atomic E-state index is 0.136. The standard InChI is InChI=1S/C16H17NO6/c18-11-5-12(19)15(20)16(21)17-2-1-9(11)10-4-14-13(22-7-23-14)3-8(10)6-17/h3-4,9,12,15,19-20H,1-2,5-7H2/t9?,12-,15-/m1/s1. The summed E-state index contributed by atoms with van der Waals surface area (Å²) in [5, 5.41) is 19.9. The number of benzene rings is 1. The number of amides is 1. The zero-order valence-electron chi connectivity index (χ0n) is 12.4. The fraction of sp³-hybridized carbons (Fsp3) is 0.500. The second-order valence-corrected chi connectivity index (χ2v) is 6.19. The van der Waals surface area contributed by atoms with Crippen molar-refractivity contribution in [1.29, 1.82) is 0 Å². The molecule has 4 rings (SSSR count). The summed E-state index contributed by atoms with van der Waals surface area (Å²) in [6.45, 7) is 0.773. The number of fused-ring (bicyclic) bond motifs is 6. The molecule has 1 aromatic rings. The first-order valence-electron chi connectivity index (χ1n) is 7.64. The molecule has 23 heavy (non-hydrogen) atoms. The number of aliphatic hydroxyl groups is 2. The molecule has 0 saturated carbocycles. The minimum atomic E-state index is -1.56. The highest BCUT2D eigenvalue weighted by atomic mass is 16.7. The molecule has 7 heteroatoms. The van der Waals surface area contributed by atoms with Crippen molar-refractivity contribution in [2.45, 2.75) is 37.5 Å². The van der Waals surface area contributed by atoms with E-state index in [0.29, 0.717) is 24.5 Å². The molecule has 1 aromatic carbocycles. The van der Waals surface area contributed by atoms with Crippen LogP contribution in [0.2, 0.25) is 0 Å². The van der Waals surface area contributed by atoms with Gasteiger partial charge in [0, 0.05) is 25.4 Å². The Morgan fingerprint density at radius 2 is 1.87 bits per heavy atom. The van der Waals surface area contributed by atoms with Crippen LogP contribution in [0.1, 0.15) is 29.9 Å². The molecule has 1 amide bonds. The van der Waals surface area contributed by atoms with Crippen LogP contribution >= 0.6 is 0 Å². The highest BCUT2D eigenvalue weighted by molar-refractivity contribution is 5.90. The summed E-state index contributed by atoms with van der Waals surface area (Å²) in [4.78, 5) is 26.4. The maximum absolute atomic E-state index is 12.6. The van der Waals surface area contributed by atoms with Gasteiger partial charge in [-0.1, -0.05) is 0 Å². The average molecular weight is 319 g/mol. The normalized spacial score (nSPS) is 29.7. The molecular formula is C16H17NO6. The molecule has 7 nitrogen and oxygen atoms in total. The van der Waals surface area contributed by atoms with Crippen molar-refractivity contribution in [2.24, 2.45) is 0 Å². The molecule has 1 saturated heterocycles. The van der Waals surface area contributed by atoms with Gasteiger partial charge >= 0.3 is 0 Å². The van der Waals surface area contributed by atoms with Crippen LogP contribution in [0.25, 0.3) is 0 Å². The Labute approximate surface area is 132 Å². The van der Waals surface area contributed by atoms with E-state index in [1.807, 2.05) is 0 Å². The van der Waals surface area contributed by atoms with Gasteiger partial charge in [0.25, 0.3) is 5.91 Å². The van der Waals surface area contributed by atoms with Gasteiger partial charge < -0.3 is 24.6 Å². The van der Waals surface area contributed by atoms with E-state index in [-0.39, 0.29) is 25.5 Å². The Kier molecular flexibility index (Phi) is 3.28. The smallest absolute Gasteiger partial charge is 0.254 e. The van der Waals surface area contributed by atoms with Gasteiger partial charge in [-0.3, -0.25) is 9.59 Å². The predicted molar refractivity (Wildman–Crippen MR) is 77.0 cm³/mol. The summed E-state index contributed by atoms with van der Waals surface area (Å²) in [6, 6.07) is 3.60. The van der Waals surface area contributed by atoms with Crippen LogP contribution in [-0.2, 0) is 16.1 Å². The fourth-order valence-electron chi connectivity index (χ4n) is 3.52. The van der Waals surface area contributed by atoms with Crippen molar-refractivity contribution < 1.29 is 29.3 Å². The van der Waals surface area contributed by atoms with Gasteiger partial charge in [0.2, 0.25) is 6.79 Å². The lowest BCUT2D eigenvalue weighted by molar-refractivity contribution is -0.147. The van der Waals surface area contributed by atoms with Gasteiger partial charge in [0.05, 0.1) is 6.10 Å². The zero-order chi connectivity index (χ0) is 16.1. The van der Waals surface area contributed by atoms with E-state index < -0.39 is 24.0 Å². The molecule has 2 N–H and O–H groups in total. The molecule has 3 aliphatic heterocycles. The number of carbonyl (C=O) groups excluding carboxylic acids is 2. The largest absolute Gasteiger partial charge is 0.454 e. The van der Waals surface area contributed by atoms with Crippen molar-refractivity contribution in [3.63, 3.8) is 0 Å². The molecule has 0 radical (unpaired) electrons. The molecule has 0 aliphatic carbocycles. The lowest BCUT2D eigenvalue weighted by Gasteiger charge is -2.26. The number of Topliss-reactive ketones (excluding diaryl/α,β-unsaturated/α-hetero) is 1. The van der Waals surface area contributed by atoms with Crippen LogP contribution in [0.5, 0.6) is 11.5 Å². The van der Waals surface area contributed by atoms with Crippen molar-refractivity contribution in [3.8, 4) is 11.5 Å². The summed E-state index contributed by atoms with van der Waals surface area (Å²) in [5.41, 5.74) is 1.64. The van der Waals surface area contributed by atoms with E-state index in [1.54, 1.807) is 12.1 Å². The predicted octanol–water partition coefficient (Wildman–Crippen LogP) is -0.0742. The molecule has 1 unspecified atom stereocenters. The molecule has 3 atom stereocenters. The van der Waals surface area contributed by atoms with Crippen LogP contribution in [0.15, 0.2) is 12.1 Å². The first-order chi connectivity index (χ1) is 11.0. The van der Waals surface area contributed by atoms with Crippen LogP contribution < -0.4 is 9.47 Å². The molecule has 3 heterocycles. The second kappa shape index (κ2) is 5.21. The Morgan fingerprint density at radius 3 is 2.65 bits per heavy atom. The Bertz CT molecular complexity index is 687. The highest BCUT2D eigenvalue weighted by Crippen LogP contribution is 2.41. The molecule has 122 valence electrons. The minimum Gasteiger partial charge on any atom is -0.454 e. The monoisotopic (exact) mass is 319 g/mol. The summed E-state index contributed by atoms with van der Waals surface area (Å²) in [7, 11) is 0. The number of ether oxygens (including phenoxy) is 2. The zero-order valence-corrected chi connectivity index (χ0v) is 12.4. The van der Waals surface area contributed by atoms with Crippen molar-refractivity contribution in [1.82, 2.24) is 4.90 Å². The average Bonchev–Trinajstić information content (AvgIpc) is 2.90. The van der Waals surface area contributed by atoms with Gasteiger partial charge in [0.15, 0.2) is 17.6 Å².